The van der Waals surface area contributed by atoms with Crippen LogP contribution in [-0.4, -0.2) is 38.6 Å². The SMILES string of the molecule is O=c1[nH]ccc2c1ccn2[C@H]1C[C@H](O)[C@H](CO)O1. The summed E-state index contributed by atoms with van der Waals surface area (Å²) in [5.74, 6) is 0. The van der Waals surface area contributed by atoms with Gasteiger partial charge in [0.2, 0.25) is 0 Å². The maximum Gasteiger partial charge on any atom is 0.257 e. The summed E-state index contributed by atoms with van der Waals surface area (Å²) in [5, 5.41) is 19.4. The van der Waals surface area contributed by atoms with Crippen molar-refractivity contribution >= 4 is 10.9 Å². The number of aliphatic hydroxyl groups excluding tert-OH is 2. The maximum atomic E-state index is 11.6. The van der Waals surface area contributed by atoms with Gasteiger partial charge >= 0.3 is 0 Å². The lowest BCUT2D eigenvalue weighted by molar-refractivity contribution is -0.0429. The van der Waals surface area contributed by atoms with Crippen LogP contribution in [0.4, 0.5) is 0 Å². The van der Waals surface area contributed by atoms with Crippen LogP contribution < -0.4 is 5.56 Å². The summed E-state index contributed by atoms with van der Waals surface area (Å²) < 4.78 is 7.37. The van der Waals surface area contributed by atoms with E-state index < -0.39 is 12.2 Å². The number of nitrogens with one attached hydrogen (secondary N) is 1. The van der Waals surface area contributed by atoms with Gasteiger partial charge in [-0.05, 0) is 12.1 Å². The third kappa shape index (κ3) is 1.66. The Morgan fingerprint density at radius 3 is 3.06 bits per heavy atom. The Morgan fingerprint density at radius 2 is 2.33 bits per heavy atom. The first-order chi connectivity index (χ1) is 8.70. The summed E-state index contributed by atoms with van der Waals surface area (Å²) in [5.41, 5.74) is 0.609. The molecule has 3 rings (SSSR count). The minimum absolute atomic E-state index is 0.150. The van der Waals surface area contributed by atoms with E-state index in [1.165, 1.54) is 0 Å². The zero-order valence-corrected chi connectivity index (χ0v) is 9.61. The molecule has 3 atom stereocenters. The highest BCUT2D eigenvalue weighted by atomic mass is 16.5. The number of hydrogen-bond donors (Lipinski definition) is 3. The zero-order valence-electron chi connectivity index (χ0n) is 9.61. The van der Waals surface area contributed by atoms with E-state index in [9.17, 15) is 9.90 Å². The smallest absolute Gasteiger partial charge is 0.257 e. The van der Waals surface area contributed by atoms with Gasteiger partial charge in [0.05, 0.1) is 23.6 Å². The monoisotopic (exact) mass is 250 g/mol. The van der Waals surface area contributed by atoms with Crippen LogP contribution in [0.1, 0.15) is 12.6 Å². The van der Waals surface area contributed by atoms with Gasteiger partial charge in [0.1, 0.15) is 12.3 Å². The van der Waals surface area contributed by atoms with E-state index in [4.69, 9.17) is 9.84 Å². The molecule has 6 heteroatoms. The average molecular weight is 250 g/mol. The number of hydrogen-bond acceptors (Lipinski definition) is 4. The van der Waals surface area contributed by atoms with Gasteiger partial charge in [0.25, 0.3) is 5.56 Å². The first-order valence-corrected chi connectivity index (χ1v) is 5.83. The van der Waals surface area contributed by atoms with Crippen LogP contribution in [0.2, 0.25) is 0 Å². The molecule has 1 fully saturated rings. The average Bonchev–Trinajstić information content (AvgIpc) is 2.93. The molecule has 0 aliphatic carbocycles. The predicted molar refractivity (Wildman–Crippen MR) is 64.2 cm³/mol. The molecule has 0 aromatic carbocycles. The van der Waals surface area contributed by atoms with E-state index in [1.807, 2.05) is 4.57 Å². The molecular weight excluding hydrogens is 236 g/mol. The highest BCUT2D eigenvalue weighted by Gasteiger charge is 2.34. The predicted octanol–water partition coefficient (Wildman–Crippen LogP) is -0.0297. The maximum absolute atomic E-state index is 11.6. The molecule has 6 nitrogen and oxygen atoms in total. The summed E-state index contributed by atoms with van der Waals surface area (Å²) in [6.07, 6.45) is 2.15. The standard InChI is InChI=1S/C12H14N2O4/c15-6-10-9(16)5-11(18-10)14-4-2-7-8(14)1-3-13-12(7)17/h1-4,9-11,15-16H,5-6H2,(H,13,17)/t9-,10-,11+/m0/s1. The van der Waals surface area contributed by atoms with E-state index in [-0.39, 0.29) is 18.4 Å². The number of aromatic nitrogens is 2. The van der Waals surface area contributed by atoms with Crippen molar-refractivity contribution in [2.75, 3.05) is 6.61 Å². The van der Waals surface area contributed by atoms with Crippen LogP contribution >= 0.6 is 0 Å². The van der Waals surface area contributed by atoms with Crippen LogP contribution in [0.15, 0.2) is 29.3 Å². The summed E-state index contributed by atoms with van der Waals surface area (Å²) in [6, 6.07) is 3.51. The quantitative estimate of drug-likeness (QED) is 0.698. The first kappa shape index (κ1) is 11.5. The molecule has 18 heavy (non-hydrogen) atoms. The van der Waals surface area contributed by atoms with Gasteiger partial charge in [-0.15, -0.1) is 0 Å². The number of ether oxygens (including phenoxy) is 1. The Hall–Kier alpha value is -1.63. The summed E-state index contributed by atoms with van der Waals surface area (Å²) in [6.45, 7) is -0.211. The third-order valence-corrected chi connectivity index (χ3v) is 3.35. The molecule has 0 amide bonds. The van der Waals surface area contributed by atoms with Crippen molar-refractivity contribution in [3.05, 3.63) is 34.9 Å². The Labute approximate surface area is 102 Å². The van der Waals surface area contributed by atoms with Crippen LogP contribution in [0.5, 0.6) is 0 Å². The molecule has 96 valence electrons. The van der Waals surface area contributed by atoms with E-state index >= 15 is 0 Å². The molecule has 0 spiro atoms. The van der Waals surface area contributed by atoms with Crippen LogP contribution in [0, 0.1) is 0 Å². The number of aliphatic hydroxyl groups is 2. The van der Waals surface area contributed by atoms with Gasteiger partial charge in [-0.3, -0.25) is 4.79 Å². The number of rotatable bonds is 2. The van der Waals surface area contributed by atoms with Gasteiger partial charge in [0.15, 0.2) is 0 Å². The number of aromatic amines is 1. The van der Waals surface area contributed by atoms with Crippen LogP contribution in [0.3, 0.4) is 0 Å². The molecule has 3 N–H and O–H groups in total. The number of pyridine rings is 1. The molecule has 0 saturated carbocycles. The highest BCUT2D eigenvalue weighted by molar-refractivity contribution is 5.78. The van der Waals surface area contributed by atoms with Gasteiger partial charge < -0.3 is 24.5 Å². The third-order valence-electron chi connectivity index (χ3n) is 3.35. The van der Waals surface area contributed by atoms with Gasteiger partial charge in [-0.25, -0.2) is 0 Å². The zero-order chi connectivity index (χ0) is 12.7. The largest absolute Gasteiger partial charge is 0.394 e. The molecule has 1 aliphatic rings. The van der Waals surface area contributed by atoms with E-state index in [2.05, 4.69) is 4.98 Å². The lowest BCUT2D eigenvalue weighted by Crippen LogP contribution is -2.24. The Balaban J connectivity index is 2.01. The second-order valence-corrected chi connectivity index (χ2v) is 4.44. The van der Waals surface area contributed by atoms with E-state index in [1.54, 1.807) is 24.5 Å². The first-order valence-electron chi connectivity index (χ1n) is 5.83. The molecule has 2 aromatic heterocycles. The molecule has 0 bridgehead atoms. The Morgan fingerprint density at radius 1 is 1.50 bits per heavy atom. The van der Waals surface area contributed by atoms with Crippen LogP contribution in [0.25, 0.3) is 10.9 Å². The lowest BCUT2D eigenvalue weighted by atomic mass is 10.2. The molecule has 1 saturated heterocycles. The van der Waals surface area contributed by atoms with Gasteiger partial charge in [0, 0.05) is 18.8 Å². The van der Waals surface area contributed by atoms with Gasteiger partial charge in [-0.2, -0.15) is 0 Å². The molecular formula is C12H14N2O4. The minimum atomic E-state index is -0.681. The van der Waals surface area contributed by atoms with Crippen molar-refractivity contribution in [3.8, 4) is 0 Å². The fraction of sp³-hybridized carbons (Fsp3) is 0.417. The normalized spacial score (nSPS) is 28.0. The van der Waals surface area contributed by atoms with Crippen molar-refractivity contribution < 1.29 is 14.9 Å². The number of fused-ring (bicyclic) bond motifs is 1. The summed E-state index contributed by atoms with van der Waals surface area (Å²) in [7, 11) is 0. The number of nitrogens with zero attached hydrogens (tertiary/aromatic N) is 1. The minimum Gasteiger partial charge on any atom is -0.394 e. The van der Waals surface area contributed by atoms with Crippen molar-refractivity contribution in [2.45, 2.75) is 24.9 Å². The topological polar surface area (TPSA) is 87.5 Å². The van der Waals surface area contributed by atoms with Crippen molar-refractivity contribution in [1.82, 2.24) is 9.55 Å². The highest BCUT2D eigenvalue weighted by Crippen LogP contribution is 2.30. The molecule has 1 aliphatic heterocycles. The second-order valence-electron chi connectivity index (χ2n) is 4.44. The molecule has 2 aromatic rings. The van der Waals surface area contributed by atoms with E-state index in [0.29, 0.717) is 11.8 Å². The van der Waals surface area contributed by atoms with Crippen molar-refractivity contribution in [1.29, 1.82) is 0 Å². The Bertz CT molecular complexity index is 618. The second kappa shape index (κ2) is 4.24. The number of H-pyrrole nitrogens is 1. The molecule has 0 radical (unpaired) electrons. The fourth-order valence-electron chi connectivity index (χ4n) is 2.40. The Kier molecular flexibility index (Phi) is 2.70. The van der Waals surface area contributed by atoms with E-state index in [0.717, 1.165) is 5.52 Å². The van der Waals surface area contributed by atoms with Crippen LogP contribution in [-0.2, 0) is 4.74 Å². The van der Waals surface area contributed by atoms with Crippen molar-refractivity contribution in [2.24, 2.45) is 0 Å². The molecule has 3 heterocycles. The summed E-state index contributed by atoms with van der Waals surface area (Å²) in [4.78, 5) is 14.2. The van der Waals surface area contributed by atoms with Gasteiger partial charge in [-0.1, -0.05) is 0 Å². The molecule has 0 unspecified atom stereocenters. The lowest BCUT2D eigenvalue weighted by Gasteiger charge is -2.14. The van der Waals surface area contributed by atoms with Crippen molar-refractivity contribution in [3.63, 3.8) is 0 Å². The fourth-order valence-corrected chi connectivity index (χ4v) is 2.40. The summed E-state index contributed by atoms with van der Waals surface area (Å²) >= 11 is 0.